The lowest BCUT2D eigenvalue weighted by molar-refractivity contribution is 0.0657. The quantitative estimate of drug-likeness (QED) is 0.571. The van der Waals surface area contributed by atoms with E-state index in [1.165, 1.54) is 12.3 Å². The Bertz CT molecular complexity index is 901. The summed E-state index contributed by atoms with van der Waals surface area (Å²) in [4.78, 5) is 23.3. The van der Waals surface area contributed by atoms with E-state index in [0.717, 1.165) is 57.1 Å². The number of aliphatic imine (C=N–C) groups is 1. The molecule has 172 valence electrons. The number of hydrogen-bond acceptors (Lipinski definition) is 4. The second-order valence-electron chi connectivity index (χ2n) is 8.50. The maximum absolute atomic E-state index is 13.9. The van der Waals surface area contributed by atoms with E-state index >= 15 is 0 Å². The van der Waals surface area contributed by atoms with E-state index in [-0.39, 0.29) is 11.7 Å². The summed E-state index contributed by atoms with van der Waals surface area (Å²) >= 11 is 0. The van der Waals surface area contributed by atoms with Gasteiger partial charge in [0.1, 0.15) is 5.82 Å². The SMILES string of the molecule is CN=C(NCC1CCN(Cc2ccccc2F)CC1)N1CCN(C(=O)c2ccco2)CC1. The van der Waals surface area contributed by atoms with Crippen LogP contribution < -0.4 is 5.32 Å². The lowest BCUT2D eigenvalue weighted by Crippen LogP contribution is -2.54. The van der Waals surface area contributed by atoms with Crippen molar-refractivity contribution in [3.05, 3.63) is 59.8 Å². The van der Waals surface area contributed by atoms with Crippen molar-refractivity contribution in [3.8, 4) is 0 Å². The van der Waals surface area contributed by atoms with Crippen molar-refractivity contribution in [2.75, 3.05) is 52.9 Å². The third-order valence-electron chi connectivity index (χ3n) is 6.42. The fourth-order valence-corrected chi connectivity index (χ4v) is 4.46. The lowest BCUT2D eigenvalue weighted by atomic mass is 9.96. The monoisotopic (exact) mass is 441 g/mol. The largest absolute Gasteiger partial charge is 0.459 e. The third-order valence-corrected chi connectivity index (χ3v) is 6.42. The van der Waals surface area contributed by atoms with Gasteiger partial charge in [0.25, 0.3) is 5.91 Å². The van der Waals surface area contributed by atoms with E-state index in [2.05, 4.69) is 20.1 Å². The van der Waals surface area contributed by atoms with E-state index < -0.39 is 0 Å². The Labute approximate surface area is 188 Å². The van der Waals surface area contributed by atoms with Crippen molar-refractivity contribution in [2.45, 2.75) is 19.4 Å². The van der Waals surface area contributed by atoms with Crippen molar-refractivity contribution >= 4 is 11.9 Å². The number of nitrogens with zero attached hydrogens (tertiary/aromatic N) is 4. The Morgan fingerprint density at radius 1 is 1.06 bits per heavy atom. The van der Waals surface area contributed by atoms with Gasteiger partial charge in [0.15, 0.2) is 11.7 Å². The first-order chi connectivity index (χ1) is 15.6. The van der Waals surface area contributed by atoms with Crippen LogP contribution in [0.1, 0.15) is 29.0 Å². The number of benzene rings is 1. The first-order valence-electron chi connectivity index (χ1n) is 11.4. The second-order valence-corrected chi connectivity index (χ2v) is 8.50. The normalized spacial score (nSPS) is 18.8. The molecule has 1 aromatic heterocycles. The number of carbonyl (C=O) groups excluding carboxylic acids is 1. The molecule has 8 heteroatoms. The number of piperazine rings is 1. The fraction of sp³-hybridized carbons (Fsp3) is 0.500. The number of amides is 1. The van der Waals surface area contributed by atoms with Gasteiger partial charge in [-0.2, -0.15) is 0 Å². The smallest absolute Gasteiger partial charge is 0.289 e. The summed E-state index contributed by atoms with van der Waals surface area (Å²) in [5.74, 6) is 1.68. The molecular weight excluding hydrogens is 409 g/mol. The first kappa shape index (κ1) is 22.3. The maximum Gasteiger partial charge on any atom is 0.289 e. The van der Waals surface area contributed by atoms with Crippen LogP contribution in [0.2, 0.25) is 0 Å². The number of nitrogens with one attached hydrogen (secondary N) is 1. The van der Waals surface area contributed by atoms with Crippen LogP contribution >= 0.6 is 0 Å². The van der Waals surface area contributed by atoms with Crippen LogP contribution in [0.25, 0.3) is 0 Å². The molecule has 2 aliphatic heterocycles. The molecule has 1 amide bonds. The molecule has 0 atom stereocenters. The van der Waals surface area contributed by atoms with Crippen LogP contribution in [0, 0.1) is 11.7 Å². The molecule has 0 aliphatic carbocycles. The summed E-state index contributed by atoms with van der Waals surface area (Å²) in [5.41, 5.74) is 0.772. The van der Waals surface area contributed by atoms with Crippen LogP contribution in [0.4, 0.5) is 4.39 Å². The predicted molar refractivity (Wildman–Crippen MR) is 122 cm³/mol. The highest BCUT2D eigenvalue weighted by Gasteiger charge is 2.26. The molecule has 2 aromatic rings. The first-order valence-corrected chi connectivity index (χ1v) is 11.4. The number of rotatable bonds is 5. The van der Waals surface area contributed by atoms with Crippen molar-refractivity contribution in [1.82, 2.24) is 20.0 Å². The lowest BCUT2D eigenvalue weighted by Gasteiger charge is -2.37. The average Bonchev–Trinajstić information content (AvgIpc) is 3.37. The Morgan fingerprint density at radius 2 is 1.78 bits per heavy atom. The van der Waals surface area contributed by atoms with E-state index in [0.29, 0.717) is 31.3 Å². The number of likely N-dealkylation sites (tertiary alicyclic amines) is 1. The van der Waals surface area contributed by atoms with Crippen molar-refractivity contribution in [3.63, 3.8) is 0 Å². The molecule has 1 N–H and O–H groups in total. The van der Waals surface area contributed by atoms with Crippen LogP contribution in [0.3, 0.4) is 0 Å². The molecule has 7 nitrogen and oxygen atoms in total. The number of carbonyl (C=O) groups is 1. The summed E-state index contributed by atoms with van der Waals surface area (Å²) < 4.78 is 19.1. The molecule has 3 heterocycles. The highest BCUT2D eigenvalue weighted by Crippen LogP contribution is 2.19. The molecule has 32 heavy (non-hydrogen) atoms. The van der Waals surface area contributed by atoms with Crippen LogP contribution in [0.5, 0.6) is 0 Å². The molecule has 2 aliphatic rings. The van der Waals surface area contributed by atoms with Gasteiger partial charge in [-0.1, -0.05) is 18.2 Å². The van der Waals surface area contributed by atoms with Gasteiger partial charge in [0.05, 0.1) is 6.26 Å². The zero-order valence-corrected chi connectivity index (χ0v) is 18.7. The fourth-order valence-electron chi connectivity index (χ4n) is 4.46. The van der Waals surface area contributed by atoms with Crippen molar-refractivity contribution in [1.29, 1.82) is 0 Å². The Hall–Kier alpha value is -2.87. The average molecular weight is 442 g/mol. The number of halogens is 1. The zero-order valence-electron chi connectivity index (χ0n) is 18.7. The molecule has 1 aromatic carbocycles. The summed E-state index contributed by atoms with van der Waals surface area (Å²) in [5, 5.41) is 3.53. The van der Waals surface area contributed by atoms with Crippen LogP contribution in [-0.4, -0.2) is 79.4 Å². The minimum absolute atomic E-state index is 0.0558. The summed E-state index contributed by atoms with van der Waals surface area (Å²) in [6, 6.07) is 10.5. The molecular formula is C24H32FN5O2. The number of guanidine groups is 1. The van der Waals surface area contributed by atoms with E-state index in [9.17, 15) is 9.18 Å². The Morgan fingerprint density at radius 3 is 2.44 bits per heavy atom. The summed E-state index contributed by atoms with van der Waals surface area (Å²) in [6.07, 6.45) is 3.70. The van der Waals surface area contributed by atoms with E-state index in [4.69, 9.17) is 4.42 Å². The highest BCUT2D eigenvalue weighted by atomic mass is 19.1. The van der Waals surface area contributed by atoms with Gasteiger partial charge in [-0.05, 0) is 50.0 Å². The summed E-state index contributed by atoms with van der Waals surface area (Å²) in [7, 11) is 1.81. The Kier molecular flexibility index (Phi) is 7.42. The molecule has 0 saturated carbocycles. The third kappa shape index (κ3) is 5.48. The highest BCUT2D eigenvalue weighted by molar-refractivity contribution is 5.91. The van der Waals surface area contributed by atoms with Crippen LogP contribution in [-0.2, 0) is 6.54 Å². The van der Waals surface area contributed by atoms with Gasteiger partial charge < -0.3 is 19.5 Å². The maximum atomic E-state index is 13.9. The zero-order chi connectivity index (χ0) is 22.3. The summed E-state index contributed by atoms with van der Waals surface area (Å²) in [6.45, 7) is 6.30. The van der Waals surface area contributed by atoms with Gasteiger partial charge in [0.2, 0.25) is 0 Å². The number of piperidine rings is 1. The van der Waals surface area contributed by atoms with Gasteiger partial charge in [-0.3, -0.25) is 14.7 Å². The second kappa shape index (κ2) is 10.6. The minimum Gasteiger partial charge on any atom is -0.459 e. The molecule has 2 fully saturated rings. The minimum atomic E-state index is -0.119. The molecule has 4 rings (SSSR count). The Balaban J connectivity index is 1.19. The molecule has 2 saturated heterocycles. The van der Waals surface area contributed by atoms with E-state index in [1.54, 1.807) is 25.2 Å². The number of furan rings is 1. The molecule has 0 bridgehead atoms. The van der Waals surface area contributed by atoms with Gasteiger partial charge >= 0.3 is 0 Å². The molecule has 0 radical (unpaired) electrons. The van der Waals surface area contributed by atoms with Gasteiger partial charge in [0, 0.05) is 51.9 Å². The molecule has 0 unspecified atom stereocenters. The molecule has 0 spiro atoms. The van der Waals surface area contributed by atoms with Gasteiger partial charge in [-0.25, -0.2) is 4.39 Å². The van der Waals surface area contributed by atoms with Crippen LogP contribution in [0.15, 0.2) is 52.1 Å². The van der Waals surface area contributed by atoms with Crippen molar-refractivity contribution in [2.24, 2.45) is 10.9 Å². The standard InChI is InChI=1S/C24H32FN5O2/c1-26-24(30-14-12-29(13-15-30)23(31)22-7-4-16-32-22)27-17-19-8-10-28(11-9-19)18-20-5-2-3-6-21(20)25/h2-7,16,19H,8-15,17-18H2,1H3,(H,26,27). The predicted octanol–water partition coefficient (Wildman–Crippen LogP) is 2.66. The number of hydrogen-bond donors (Lipinski definition) is 1. The van der Waals surface area contributed by atoms with Gasteiger partial charge in [-0.15, -0.1) is 0 Å². The topological polar surface area (TPSA) is 64.3 Å². The van der Waals surface area contributed by atoms with Crippen molar-refractivity contribution < 1.29 is 13.6 Å². The van der Waals surface area contributed by atoms with E-state index in [1.807, 2.05) is 17.0 Å².